The Balaban J connectivity index is 2.18. The third kappa shape index (κ3) is 3.54. The minimum absolute atomic E-state index is 0.155. The summed E-state index contributed by atoms with van der Waals surface area (Å²) in [5.74, 6) is 0.735. The number of aromatic nitrogens is 1. The Hall–Kier alpha value is -1.94. The van der Waals surface area contributed by atoms with Crippen molar-refractivity contribution in [3.05, 3.63) is 53.7 Å². The highest BCUT2D eigenvalue weighted by Gasteiger charge is 2.12. The van der Waals surface area contributed by atoms with Gasteiger partial charge in [0.2, 0.25) is 0 Å². The molecule has 0 radical (unpaired) electrons. The maximum Gasteiger partial charge on any atom is 0.131 e. The van der Waals surface area contributed by atoms with Crippen molar-refractivity contribution in [1.82, 2.24) is 4.98 Å². The lowest BCUT2D eigenvalue weighted by molar-refractivity contribution is 0.590. The number of thiocarbonyl (C=S) groups is 1. The van der Waals surface area contributed by atoms with Gasteiger partial charge in [0.1, 0.15) is 10.8 Å². The van der Waals surface area contributed by atoms with Gasteiger partial charge in [-0.2, -0.15) is 0 Å². The van der Waals surface area contributed by atoms with Gasteiger partial charge in [-0.05, 0) is 35.2 Å². The second kappa shape index (κ2) is 5.59. The van der Waals surface area contributed by atoms with Gasteiger partial charge in [0.25, 0.3) is 0 Å². The minimum Gasteiger partial charge on any atom is -0.388 e. The van der Waals surface area contributed by atoms with Crippen LogP contribution in [0.2, 0.25) is 0 Å². The Bertz CT molecular complexity index is 612. The standard InChI is InChI=1S/C16H19N3S/c1-16(2,3)11-7-9-12(10-8-11)18-14-6-4-5-13(19-14)15(17)20/h4-10H,1-3H3,(H2,17,20)(H,18,19). The summed E-state index contributed by atoms with van der Waals surface area (Å²) in [4.78, 5) is 4.66. The fourth-order valence-electron chi connectivity index (χ4n) is 1.84. The predicted molar refractivity (Wildman–Crippen MR) is 88.5 cm³/mol. The molecule has 1 aromatic carbocycles. The maximum atomic E-state index is 5.58. The number of nitrogens with one attached hydrogen (secondary N) is 1. The number of nitrogens with two attached hydrogens (primary N) is 1. The zero-order valence-electron chi connectivity index (χ0n) is 12.0. The molecule has 3 N–H and O–H groups in total. The third-order valence-corrected chi connectivity index (χ3v) is 3.23. The molecule has 104 valence electrons. The van der Waals surface area contributed by atoms with Crippen LogP contribution in [0, 0.1) is 0 Å². The molecule has 4 heteroatoms. The average molecular weight is 285 g/mol. The van der Waals surface area contributed by atoms with Crippen LogP contribution >= 0.6 is 12.2 Å². The van der Waals surface area contributed by atoms with E-state index in [0.29, 0.717) is 10.7 Å². The Morgan fingerprint density at radius 2 is 1.75 bits per heavy atom. The van der Waals surface area contributed by atoms with Crippen molar-refractivity contribution in [3.8, 4) is 0 Å². The maximum absolute atomic E-state index is 5.58. The normalized spacial score (nSPS) is 11.2. The number of pyridine rings is 1. The molecule has 0 saturated carbocycles. The summed E-state index contributed by atoms with van der Waals surface area (Å²) in [6.45, 7) is 6.59. The van der Waals surface area contributed by atoms with Gasteiger partial charge >= 0.3 is 0 Å². The van der Waals surface area contributed by atoms with Crippen molar-refractivity contribution in [2.24, 2.45) is 5.73 Å². The van der Waals surface area contributed by atoms with E-state index < -0.39 is 0 Å². The van der Waals surface area contributed by atoms with Crippen LogP contribution in [0.25, 0.3) is 0 Å². The Labute approximate surface area is 125 Å². The van der Waals surface area contributed by atoms with Crippen LogP contribution in [0.4, 0.5) is 11.5 Å². The number of hydrogen-bond donors (Lipinski definition) is 2. The van der Waals surface area contributed by atoms with E-state index in [1.165, 1.54) is 5.56 Å². The van der Waals surface area contributed by atoms with Crippen molar-refractivity contribution in [1.29, 1.82) is 0 Å². The summed E-state index contributed by atoms with van der Waals surface area (Å²) in [6.07, 6.45) is 0. The average Bonchev–Trinajstić information content (AvgIpc) is 2.38. The first-order chi connectivity index (χ1) is 9.36. The van der Waals surface area contributed by atoms with Gasteiger partial charge in [0.05, 0.1) is 5.69 Å². The number of benzene rings is 1. The molecule has 0 unspecified atom stereocenters. The molecule has 0 spiro atoms. The molecular formula is C16H19N3S. The van der Waals surface area contributed by atoms with Crippen LogP contribution in [-0.4, -0.2) is 9.97 Å². The highest BCUT2D eigenvalue weighted by atomic mass is 32.1. The predicted octanol–water partition coefficient (Wildman–Crippen LogP) is 3.76. The van der Waals surface area contributed by atoms with Gasteiger partial charge in [-0.1, -0.05) is 51.2 Å². The molecule has 0 aliphatic rings. The molecule has 3 nitrogen and oxygen atoms in total. The second-order valence-corrected chi connectivity index (χ2v) is 6.16. The van der Waals surface area contributed by atoms with Crippen LogP contribution in [0.5, 0.6) is 0 Å². The van der Waals surface area contributed by atoms with Crippen molar-refractivity contribution in [2.75, 3.05) is 5.32 Å². The molecule has 2 rings (SSSR count). The van der Waals surface area contributed by atoms with Crippen molar-refractivity contribution in [2.45, 2.75) is 26.2 Å². The molecule has 20 heavy (non-hydrogen) atoms. The first-order valence-electron chi connectivity index (χ1n) is 6.51. The third-order valence-electron chi connectivity index (χ3n) is 3.02. The smallest absolute Gasteiger partial charge is 0.131 e. The minimum atomic E-state index is 0.155. The molecule has 2 aromatic rings. The zero-order chi connectivity index (χ0) is 14.8. The SMILES string of the molecule is CC(C)(C)c1ccc(Nc2cccc(C(N)=S)n2)cc1. The molecular weight excluding hydrogens is 266 g/mol. The first kappa shape index (κ1) is 14.5. The summed E-state index contributed by atoms with van der Waals surface area (Å²) >= 11 is 4.93. The van der Waals surface area contributed by atoms with Crippen LogP contribution in [0.15, 0.2) is 42.5 Å². The Kier molecular flexibility index (Phi) is 4.04. The lowest BCUT2D eigenvalue weighted by atomic mass is 9.87. The largest absolute Gasteiger partial charge is 0.388 e. The molecule has 0 saturated heterocycles. The first-order valence-corrected chi connectivity index (χ1v) is 6.91. The van der Waals surface area contributed by atoms with Gasteiger partial charge in [-0.3, -0.25) is 0 Å². The lowest BCUT2D eigenvalue weighted by Crippen LogP contribution is -2.12. The number of nitrogens with zero attached hydrogens (tertiary/aromatic N) is 1. The lowest BCUT2D eigenvalue weighted by Gasteiger charge is -2.19. The van der Waals surface area contributed by atoms with Gasteiger partial charge < -0.3 is 11.1 Å². The van der Waals surface area contributed by atoms with E-state index in [2.05, 4.69) is 55.3 Å². The van der Waals surface area contributed by atoms with Gasteiger partial charge in [0.15, 0.2) is 0 Å². The van der Waals surface area contributed by atoms with Crippen molar-refractivity contribution < 1.29 is 0 Å². The fourth-order valence-corrected chi connectivity index (χ4v) is 1.96. The molecule has 0 bridgehead atoms. The molecule has 0 amide bonds. The molecule has 0 atom stereocenters. The molecule has 0 fully saturated rings. The van der Waals surface area contributed by atoms with Crippen LogP contribution < -0.4 is 11.1 Å². The van der Waals surface area contributed by atoms with Crippen molar-refractivity contribution >= 4 is 28.7 Å². The summed E-state index contributed by atoms with van der Waals surface area (Å²) in [7, 11) is 0. The van der Waals surface area contributed by atoms with E-state index in [9.17, 15) is 0 Å². The molecule has 0 aliphatic carbocycles. The number of rotatable bonds is 3. The summed E-state index contributed by atoms with van der Waals surface area (Å²) in [6, 6.07) is 13.9. The van der Waals surface area contributed by atoms with E-state index in [1.807, 2.05) is 12.1 Å². The highest BCUT2D eigenvalue weighted by Crippen LogP contribution is 2.24. The van der Waals surface area contributed by atoms with Gasteiger partial charge in [-0.15, -0.1) is 0 Å². The van der Waals surface area contributed by atoms with E-state index in [4.69, 9.17) is 18.0 Å². The van der Waals surface area contributed by atoms with Gasteiger partial charge in [0, 0.05) is 5.69 Å². The van der Waals surface area contributed by atoms with Crippen LogP contribution in [0.1, 0.15) is 32.0 Å². The second-order valence-electron chi connectivity index (χ2n) is 5.72. The Morgan fingerprint density at radius 1 is 1.10 bits per heavy atom. The van der Waals surface area contributed by atoms with E-state index in [0.717, 1.165) is 11.5 Å². The molecule has 1 heterocycles. The van der Waals surface area contributed by atoms with Crippen LogP contribution in [0.3, 0.4) is 0 Å². The quantitative estimate of drug-likeness (QED) is 0.843. The highest BCUT2D eigenvalue weighted by molar-refractivity contribution is 7.80. The van der Waals surface area contributed by atoms with E-state index in [-0.39, 0.29) is 5.41 Å². The number of anilines is 2. The van der Waals surface area contributed by atoms with Crippen LogP contribution in [-0.2, 0) is 5.41 Å². The Morgan fingerprint density at radius 3 is 2.30 bits per heavy atom. The van der Waals surface area contributed by atoms with E-state index in [1.54, 1.807) is 6.07 Å². The zero-order valence-corrected chi connectivity index (χ0v) is 12.8. The van der Waals surface area contributed by atoms with Gasteiger partial charge in [-0.25, -0.2) is 4.98 Å². The summed E-state index contributed by atoms with van der Waals surface area (Å²) in [5.41, 5.74) is 8.65. The molecule has 0 aliphatic heterocycles. The fraction of sp³-hybridized carbons (Fsp3) is 0.250. The van der Waals surface area contributed by atoms with E-state index >= 15 is 0 Å². The topological polar surface area (TPSA) is 50.9 Å². The van der Waals surface area contributed by atoms with Crippen molar-refractivity contribution in [3.63, 3.8) is 0 Å². The number of hydrogen-bond acceptors (Lipinski definition) is 3. The summed E-state index contributed by atoms with van der Waals surface area (Å²) in [5, 5.41) is 3.25. The summed E-state index contributed by atoms with van der Waals surface area (Å²) < 4.78 is 0. The monoisotopic (exact) mass is 285 g/mol. The molecule has 1 aromatic heterocycles.